The van der Waals surface area contributed by atoms with Crippen LogP contribution in [0.25, 0.3) is 0 Å². The zero-order chi connectivity index (χ0) is 14.9. The SMILES string of the molecule is CC(C)c1ccc(C2CC(C(C)(C)C)CCC2N)cc1. The predicted molar refractivity (Wildman–Crippen MR) is 88.0 cm³/mol. The van der Waals surface area contributed by atoms with E-state index in [0.29, 0.717) is 23.3 Å². The molecule has 0 aromatic heterocycles. The Hall–Kier alpha value is -0.820. The minimum Gasteiger partial charge on any atom is -0.327 e. The molecular formula is C19H31N. The molecule has 1 aliphatic carbocycles. The molecule has 1 heteroatoms. The van der Waals surface area contributed by atoms with Gasteiger partial charge in [0.25, 0.3) is 0 Å². The third-order valence-electron chi connectivity index (χ3n) is 5.16. The second kappa shape index (κ2) is 5.89. The minimum absolute atomic E-state index is 0.332. The Labute approximate surface area is 125 Å². The van der Waals surface area contributed by atoms with Gasteiger partial charge in [-0.25, -0.2) is 0 Å². The van der Waals surface area contributed by atoms with Crippen molar-refractivity contribution in [3.63, 3.8) is 0 Å². The first kappa shape index (κ1) is 15.6. The molecule has 112 valence electrons. The van der Waals surface area contributed by atoms with Crippen LogP contribution < -0.4 is 5.73 Å². The van der Waals surface area contributed by atoms with E-state index in [1.807, 2.05) is 0 Å². The molecule has 1 nitrogen and oxygen atoms in total. The number of nitrogens with two attached hydrogens (primary N) is 1. The van der Waals surface area contributed by atoms with Crippen LogP contribution in [0.2, 0.25) is 0 Å². The minimum atomic E-state index is 0.332. The molecule has 0 bridgehead atoms. The average Bonchev–Trinajstić information content (AvgIpc) is 2.38. The Kier molecular flexibility index (Phi) is 4.59. The topological polar surface area (TPSA) is 26.0 Å². The molecule has 1 aromatic carbocycles. The first-order chi connectivity index (χ1) is 9.29. The van der Waals surface area contributed by atoms with Gasteiger partial charge in [0.1, 0.15) is 0 Å². The molecule has 0 spiro atoms. The third-order valence-corrected chi connectivity index (χ3v) is 5.16. The zero-order valence-electron chi connectivity index (χ0n) is 13.8. The molecule has 3 unspecified atom stereocenters. The Balaban J connectivity index is 2.17. The lowest BCUT2D eigenvalue weighted by atomic mass is 9.66. The Morgan fingerprint density at radius 1 is 1.05 bits per heavy atom. The first-order valence-corrected chi connectivity index (χ1v) is 8.14. The van der Waals surface area contributed by atoms with Crippen molar-refractivity contribution >= 4 is 0 Å². The monoisotopic (exact) mass is 273 g/mol. The van der Waals surface area contributed by atoms with E-state index in [1.165, 1.54) is 30.4 Å². The maximum absolute atomic E-state index is 6.41. The van der Waals surface area contributed by atoms with Crippen molar-refractivity contribution in [2.45, 2.75) is 71.8 Å². The number of hydrogen-bond acceptors (Lipinski definition) is 1. The van der Waals surface area contributed by atoms with E-state index < -0.39 is 0 Å². The van der Waals surface area contributed by atoms with Gasteiger partial charge < -0.3 is 5.73 Å². The molecule has 0 heterocycles. The molecule has 1 aromatic rings. The molecular weight excluding hydrogens is 242 g/mol. The van der Waals surface area contributed by atoms with E-state index in [9.17, 15) is 0 Å². The molecule has 0 saturated heterocycles. The summed E-state index contributed by atoms with van der Waals surface area (Å²) in [5.41, 5.74) is 9.68. The molecule has 1 fully saturated rings. The van der Waals surface area contributed by atoms with Gasteiger partial charge in [-0.3, -0.25) is 0 Å². The second-order valence-corrected chi connectivity index (χ2v) is 7.97. The molecule has 2 rings (SSSR count). The quantitative estimate of drug-likeness (QED) is 0.800. The fourth-order valence-electron chi connectivity index (χ4n) is 3.49. The molecule has 0 radical (unpaired) electrons. The maximum atomic E-state index is 6.41. The molecule has 2 N–H and O–H groups in total. The smallest absolute Gasteiger partial charge is 0.0108 e. The molecule has 0 aliphatic heterocycles. The summed E-state index contributed by atoms with van der Waals surface area (Å²) in [7, 11) is 0. The normalized spacial score (nSPS) is 27.9. The lowest BCUT2D eigenvalue weighted by Crippen LogP contribution is -2.38. The summed E-state index contributed by atoms with van der Waals surface area (Å²) in [4.78, 5) is 0. The fraction of sp³-hybridized carbons (Fsp3) is 0.684. The van der Waals surface area contributed by atoms with E-state index in [1.54, 1.807) is 0 Å². The summed E-state index contributed by atoms with van der Waals surface area (Å²) >= 11 is 0. The number of hydrogen-bond donors (Lipinski definition) is 1. The van der Waals surface area contributed by atoms with Crippen molar-refractivity contribution in [3.8, 4) is 0 Å². The lowest BCUT2D eigenvalue weighted by Gasteiger charge is -2.41. The van der Waals surface area contributed by atoms with Gasteiger partial charge in [0.2, 0.25) is 0 Å². The zero-order valence-corrected chi connectivity index (χ0v) is 13.8. The van der Waals surface area contributed by atoms with Crippen LogP contribution >= 0.6 is 0 Å². The summed E-state index contributed by atoms with van der Waals surface area (Å²) in [6.45, 7) is 11.6. The molecule has 1 aliphatic rings. The maximum Gasteiger partial charge on any atom is 0.0108 e. The Bertz CT molecular complexity index is 424. The van der Waals surface area contributed by atoms with Gasteiger partial charge in [0, 0.05) is 6.04 Å². The van der Waals surface area contributed by atoms with E-state index in [-0.39, 0.29) is 0 Å². The van der Waals surface area contributed by atoms with Crippen molar-refractivity contribution in [1.29, 1.82) is 0 Å². The standard InChI is InChI=1S/C19H31N/c1-13(2)14-6-8-15(9-7-14)17-12-16(19(3,4)5)10-11-18(17)20/h6-9,13,16-18H,10-12,20H2,1-5H3. The van der Waals surface area contributed by atoms with E-state index >= 15 is 0 Å². The Morgan fingerprint density at radius 2 is 1.65 bits per heavy atom. The van der Waals surface area contributed by atoms with Gasteiger partial charge in [0.05, 0.1) is 0 Å². The van der Waals surface area contributed by atoms with Gasteiger partial charge >= 0.3 is 0 Å². The molecule has 20 heavy (non-hydrogen) atoms. The number of rotatable bonds is 2. The van der Waals surface area contributed by atoms with Gasteiger partial charge in [-0.15, -0.1) is 0 Å². The molecule has 1 saturated carbocycles. The van der Waals surface area contributed by atoms with Crippen LogP contribution in [0.5, 0.6) is 0 Å². The van der Waals surface area contributed by atoms with E-state index in [4.69, 9.17) is 5.73 Å². The van der Waals surface area contributed by atoms with Gasteiger partial charge in [-0.1, -0.05) is 58.9 Å². The van der Waals surface area contributed by atoms with Crippen molar-refractivity contribution in [3.05, 3.63) is 35.4 Å². The first-order valence-electron chi connectivity index (χ1n) is 8.14. The van der Waals surface area contributed by atoms with E-state index in [2.05, 4.69) is 58.9 Å². The van der Waals surface area contributed by atoms with Crippen LogP contribution in [0.15, 0.2) is 24.3 Å². The molecule has 3 atom stereocenters. The van der Waals surface area contributed by atoms with Crippen LogP contribution in [0.4, 0.5) is 0 Å². The van der Waals surface area contributed by atoms with Crippen LogP contribution in [-0.4, -0.2) is 6.04 Å². The van der Waals surface area contributed by atoms with Crippen LogP contribution in [-0.2, 0) is 0 Å². The summed E-state index contributed by atoms with van der Waals surface area (Å²) in [6, 6.07) is 9.52. The van der Waals surface area contributed by atoms with Crippen LogP contribution in [0.3, 0.4) is 0 Å². The second-order valence-electron chi connectivity index (χ2n) is 7.97. The highest BCUT2D eigenvalue weighted by Crippen LogP contribution is 2.43. The fourth-order valence-corrected chi connectivity index (χ4v) is 3.49. The average molecular weight is 273 g/mol. The lowest BCUT2D eigenvalue weighted by molar-refractivity contribution is 0.154. The predicted octanol–water partition coefficient (Wildman–Crippen LogP) is 5.07. The summed E-state index contributed by atoms with van der Waals surface area (Å²) < 4.78 is 0. The summed E-state index contributed by atoms with van der Waals surface area (Å²) in [5.74, 6) is 1.93. The number of benzene rings is 1. The molecule has 0 amide bonds. The third kappa shape index (κ3) is 3.44. The van der Waals surface area contributed by atoms with Gasteiger partial charge in [-0.2, -0.15) is 0 Å². The van der Waals surface area contributed by atoms with E-state index in [0.717, 1.165) is 5.92 Å². The highest BCUT2D eigenvalue weighted by Gasteiger charge is 2.34. The van der Waals surface area contributed by atoms with Crippen molar-refractivity contribution in [1.82, 2.24) is 0 Å². The van der Waals surface area contributed by atoms with Crippen LogP contribution in [0, 0.1) is 11.3 Å². The van der Waals surface area contributed by atoms with Crippen molar-refractivity contribution in [2.24, 2.45) is 17.1 Å². The highest BCUT2D eigenvalue weighted by molar-refractivity contribution is 5.28. The Morgan fingerprint density at radius 3 is 2.15 bits per heavy atom. The summed E-state index contributed by atoms with van der Waals surface area (Å²) in [5, 5.41) is 0. The van der Waals surface area contributed by atoms with Crippen molar-refractivity contribution < 1.29 is 0 Å². The highest BCUT2D eigenvalue weighted by atomic mass is 14.7. The van der Waals surface area contributed by atoms with Crippen LogP contribution in [0.1, 0.15) is 76.8 Å². The largest absolute Gasteiger partial charge is 0.327 e. The van der Waals surface area contributed by atoms with Crippen molar-refractivity contribution in [2.75, 3.05) is 0 Å². The summed E-state index contributed by atoms with van der Waals surface area (Å²) in [6.07, 6.45) is 3.69. The van der Waals surface area contributed by atoms with Gasteiger partial charge in [0.15, 0.2) is 0 Å². The van der Waals surface area contributed by atoms with Gasteiger partial charge in [-0.05, 0) is 53.6 Å².